The predicted octanol–water partition coefficient (Wildman–Crippen LogP) is 6.79. The Labute approximate surface area is 238 Å². The van der Waals surface area contributed by atoms with Crippen LogP contribution in [0.5, 0.6) is 0 Å². The van der Waals surface area contributed by atoms with Crippen molar-refractivity contribution >= 4 is 12.0 Å². The van der Waals surface area contributed by atoms with Gasteiger partial charge in [-0.25, -0.2) is 9.18 Å². The van der Waals surface area contributed by atoms with Gasteiger partial charge in [0, 0.05) is 19.1 Å². The zero-order valence-electron chi connectivity index (χ0n) is 23.5. The Morgan fingerprint density at radius 3 is 2.21 bits per heavy atom. The minimum atomic E-state index is -5.03. The summed E-state index contributed by atoms with van der Waals surface area (Å²) < 4.78 is 99.8. The molecule has 2 amide bonds. The number of alkyl halides is 6. The Morgan fingerprint density at radius 2 is 1.67 bits per heavy atom. The van der Waals surface area contributed by atoms with Gasteiger partial charge in [-0.05, 0) is 86.6 Å². The molecule has 1 spiro atoms. The van der Waals surface area contributed by atoms with Crippen LogP contribution in [0.4, 0.5) is 35.5 Å². The summed E-state index contributed by atoms with van der Waals surface area (Å²) in [6, 6.07) is 2.53. The Balaban J connectivity index is 1.67. The number of rotatable bonds is 4. The third kappa shape index (κ3) is 6.35. The molecule has 2 aliphatic heterocycles. The van der Waals surface area contributed by atoms with Crippen LogP contribution in [0.25, 0.3) is 0 Å². The Bertz CT molecular complexity index is 1310. The zero-order valence-corrected chi connectivity index (χ0v) is 23.5. The molecule has 0 radical (unpaired) electrons. The highest BCUT2D eigenvalue weighted by atomic mass is 19.4. The van der Waals surface area contributed by atoms with Crippen LogP contribution >= 0.6 is 0 Å². The van der Waals surface area contributed by atoms with Crippen molar-refractivity contribution in [2.75, 3.05) is 20.7 Å². The zero-order chi connectivity index (χ0) is 31.2. The van der Waals surface area contributed by atoms with Crippen LogP contribution in [-0.2, 0) is 21.9 Å². The van der Waals surface area contributed by atoms with Gasteiger partial charge in [0.15, 0.2) is 0 Å². The van der Waals surface area contributed by atoms with Crippen LogP contribution in [0.1, 0.15) is 72.5 Å². The van der Waals surface area contributed by atoms with Crippen LogP contribution in [0.3, 0.4) is 0 Å². The molecule has 230 valence electrons. The van der Waals surface area contributed by atoms with Crippen LogP contribution in [0.2, 0.25) is 0 Å². The van der Waals surface area contributed by atoms with Gasteiger partial charge in [0.05, 0.1) is 30.3 Å². The standard InChI is InChI=1S/C29H32F7N3O3/c1-16-11-21(30)5-6-22(16)24-15-27(8-7-23(37-27)25(40)42-4)9-10-39(24)26(41)38(3)17(2)18-12-19(28(31,32)33)14-20(13-18)29(34,35)36/h5-6,11-14,17,23-24,37H,7-10,15H2,1-4H3/t17-,23?,24-,27-/m1/s1. The molecule has 0 bridgehead atoms. The summed E-state index contributed by atoms with van der Waals surface area (Å²) in [5.74, 6) is -0.882. The lowest BCUT2D eigenvalue weighted by molar-refractivity contribution is -0.144. The van der Waals surface area contributed by atoms with E-state index >= 15 is 0 Å². The highest BCUT2D eigenvalue weighted by Crippen LogP contribution is 2.44. The number of amides is 2. The Morgan fingerprint density at radius 1 is 1.05 bits per heavy atom. The number of benzene rings is 2. The van der Waals surface area contributed by atoms with Gasteiger partial charge >= 0.3 is 24.4 Å². The SMILES string of the molecule is COC(=O)C1CC[C@]2(CCN(C(=O)N(C)[C@H](C)c3cc(C(F)(F)F)cc(C(F)(F)F)c3)[C@@H](c3ccc(F)cc3C)C2)N1. The molecule has 2 heterocycles. The number of likely N-dealkylation sites (tertiary alicyclic amines) is 1. The highest BCUT2D eigenvalue weighted by molar-refractivity contribution is 5.77. The number of nitrogens with one attached hydrogen (secondary N) is 1. The fraction of sp³-hybridized carbons (Fsp3) is 0.517. The van der Waals surface area contributed by atoms with Gasteiger partial charge in [-0.3, -0.25) is 10.1 Å². The first-order valence-electron chi connectivity index (χ1n) is 13.4. The summed E-state index contributed by atoms with van der Waals surface area (Å²) in [5, 5.41) is 3.35. The first-order valence-corrected chi connectivity index (χ1v) is 13.4. The number of methoxy groups -OCH3 is 1. The van der Waals surface area contributed by atoms with Crippen molar-refractivity contribution in [1.82, 2.24) is 15.1 Å². The number of nitrogens with zero attached hydrogens (tertiary/aromatic N) is 2. The van der Waals surface area contributed by atoms with Crippen LogP contribution in [0, 0.1) is 12.7 Å². The number of esters is 1. The maximum Gasteiger partial charge on any atom is 0.416 e. The van der Waals surface area contributed by atoms with Crippen molar-refractivity contribution in [3.63, 3.8) is 0 Å². The summed E-state index contributed by atoms with van der Waals surface area (Å²) in [5.41, 5.74) is -2.57. The van der Waals surface area contributed by atoms with E-state index < -0.39 is 65.0 Å². The van der Waals surface area contributed by atoms with E-state index in [1.807, 2.05) is 0 Å². The summed E-state index contributed by atoms with van der Waals surface area (Å²) in [4.78, 5) is 28.7. The highest BCUT2D eigenvalue weighted by Gasteiger charge is 2.48. The maximum atomic E-state index is 14.0. The average Bonchev–Trinajstić information content (AvgIpc) is 3.33. The molecule has 0 aliphatic carbocycles. The van der Waals surface area contributed by atoms with E-state index in [0.29, 0.717) is 48.9 Å². The molecule has 42 heavy (non-hydrogen) atoms. The second kappa shape index (κ2) is 11.4. The van der Waals surface area contributed by atoms with Crippen molar-refractivity contribution in [3.8, 4) is 0 Å². The second-order valence-electron chi connectivity index (χ2n) is 11.1. The number of carbonyl (C=O) groups is 2. The number of ether oxygens (including phenoxy) is 1. The third-order valence-electron chi connectivity index (χ3n) is 8.48. The van der Waals surface area contributed by atoms with Crippen molar-refractivity contribution in [3.05, 3.63) is 70.0 Å². The number of hydrogen-bond acceptors (Lipinski definition) is 4. The molecule has 2 aromatic rings. The molecule has 2 fully saturated rings. The van der Waals surface area contributed by atoms with Gasteiger partial charge < -0.3 is 14.5 Å². The van der Waals surface area contributed by atoms with E-state index in [1.54, 1.807) is 13.0 Å². The molecule has 1 N–H and O–H groups in total. The summed E-state index contributed by atoms with van der Waals surface area (Å²) in [6.45, 7) is 3.22. The maximum absolute atomic E-state index is 14.0. The van der Waals surface area contributed by atoms with Gasteiger partial charge in [-0.15, -0.1) is 0 Å². The van der Waals surface area contributed by atoms with E-state index in [-0.39, 0.29) is 18.2 Å². The minimum Gasteiger partial charge on any atom is -0.468 e. The average molecular weight is 604 g/mol. The van der Waals surface area contributed by atoms with Gasteiger partial charge in [-0.1, -0.05) is 6.07 Å². The molecular weight excluding hydrogens is 571 g/mol. The minimum absolute atomic E-state index is 0.0473. The summed E-state index contributed by atoms with van der Waals surface area (Å²) >= 11 is 0. The van der Waals surface area contributed by atoms with E-state index in [2.05, 4.69) is 5.32 Å². The van der Waals surface area contributed by atoms with E-state index in [0.717, 1.165) is 4.90 Å². The molecule has 2 aromatic carbocycles. The van der Waals surface area contributed by atoms with Crippen molar-refractivity contribution in [2.24, 2.45) is 0 Å². The quantitative estimate of drug-likeness (QED) is 0.309. The molecule has 13 heteroatoms. The molecule has 0 saturated carbocycles. The van der Waals surface area contributed by atoms with Gasteiger partial charge in [0.2, 0.25) is 0 Å². The molecule has 2 aliphatic rings. The fourth-order valence-corrected chi connectivity index (χ4v) is 6.02. The number of aryl methyl sites for hydroxylation is 1. The third-order valence-corrected chi connectivity index (χ3v) is 8.48. The molecule has 4 rings (SSSR count). The topological polar surface area (TPSA) is 61.9 Å². The smallest absolute Gasteiger partial charge is 0.416 e. The number of halogens is 7. The van der Waals surface area contributed by atoms with Crippen molar-refractivity contribution in [1.29, 1.82) is 0 Å². The Kier molecular flexibility index (Phi) is 8.56. The molecule has 6 nitrogen and oxygen atoms in total. The molecule has 1 unspecified atom stereocenters. The van der Waals surface area contributed by atoms with Crippen LogP contribution in [-0.4, -0.2) is 54.1 Å². The van der Waals surface area contributed by atoms with E-state index in [4.69, 9.17) is 4.74 Å². The van der Waals surface area contributed by atoms with E-state index in [1.165, 1.54) is 38.1 Å². The molecule has 2 saturated heterocycles. The molecule has 4 atom stereocenters. The van der Waals surface area contributed by atoms with Gasteiger partial charge in [0.25, 0.3) is 0 Å². The summed E-state index contributed by atoms with van der Waals surface area (Å²) in [7, 11) is 2.61. The number of urea groups is 1. The molecular formula is C29H32F7N3O3. The van der Waals surface area contributed by atoms with Crippen LogP contribution in [0.15, 0.2) is 36.4 Å². The van der Waals surface area contributed by atoms with Crippen LogP contribution < -0.4 is 5.32 Å². The van der Waals surface area contributed by atoms with Gasteiger partial charge in [0.1, 0.15) is 11.9 Å². The van der Waals surface area contributed by atoms with Crippen molar-refractivity contribution < 1.29 is 45.1 Å². The lowest BCUT2D eigenvalue weighted by atomic mass is 9.79. The fourth-order valence-electron chi connectivity index (χ4n) is 6.02. The molecule has 0 aromatic heterocycles. The largest absolute Gasteiger partial charge is 0.468 e. The lowest BCUT2D eigenvalue weighted by Gasteiger charge is -2.47. The lowest BCUT2D eigenvalue weighted by Crippen LogP contribution is -2.56. The normalized spacial score (nSPS) is 23.6. The number of hydrogen-bond donors (Lipinski definition) is 1. The monoisotopic (exact) mass is 603 g/mol. The van der Waals surface area contributed by atoms with Gasteiger partial charge in [-0.2, -0.15) is 26.3 Å². The number of piperidine rings is 1. The number of carbonyl (C=O) groups excluding carboxylic acids is 2. The first kappa shape index (κ1) is 31.6. The summed E-state index contributed by atoms with van der Waals surface area (Å²) in [6.07, 6.45) is -8.14. The predicted molar refractivity (Wildman–Crippen MR) is 139 cm³/mol. The Hall–Kier alpha value is -3.35. The van der Waals surface area contributed by atoms with E-state index in [9.17, 15) is 40.3 Å². The van der Waals surface area contributed by atoms with Crippen molar-refractivity contribution in [2.45, 2.75) is 75.5 Å². The second-order valence-corrected chi connectivity index (χ2v) is 11.1. The first-order chi connectivity index (χ1) is 19.5.